The first-order valence-corrected chi connectivity index (χ1v) is 11.2. The van der Waals surface area contributed by atoms with Crippen molar-refractivity contribution in [3.8, 4) is 5.75 Å². The van der Waals surface area contributed by atoms with Gasteiger partial charge in [-0.1, -0.05) is 51.2 Å². The summed E-state index contributed by atoms with van der Waals surface area (Å²) in [5.41, 5.74) is 1.01. The Labute approximate surface area is 156 Å². The Bertz CT molecular complexity index is 605. The molecule has 1 aromatic rings. The highest BCUT2D eigenvalue weighted by atomic mass is 31.2. The highest BCUT2D eigenvalue weighted by Crippen LogP contribution is 2.53. The van der Waals surface area contributed by atoms with Crippen LogP contribution in [0.1, 0.15) is 57.4 Å². The van der Waals surface area contributed by atoms with E-state index >= 15 is 0 Å². The van der Waals surface area contributed by atoms with Gasteiger partial charge in [0, 0.05) is 26.1 Å². The van der Waals surface area contributed by atoms with Gasteiger partial charge in [-0.2, -0.15) is 0 Å². The number of rotatable bonds is 11. The van der Waals surface area contributed by atoms with Gasteiger partial charge in [-0.3, -0.25) is 9.46 Å². The fourth-order valence-electron chi connectivity index (χ4n) is 3.29. The number of hydrogen-bond donors (Lipinski definition) is 3. The normalized spacial score (nSPS) is 21.2. The molecule has 0 saturated carbocycles. The minimum Gasteiger partial charge on any atom is -0.494 e. The van der Waals surface area contributed by atoms with Crippen LogP contribution in [0.25, 0.3) is 0 Å². The second kappa shape index (κ2) is 9.86. The lowest BCUT2D eigenvalue weighted by atomic mass is 10.1. The average molecular weight is 385 g/mol. The maximum atomic E-state index is 11.4. The van der Waals surface area contributed by atoms with Crippen molar-refractivity contribution < 1.29 is 24.2 Å². The molecule has 3 N–H and O–H groups in total. The molecule has 148 valence electrons. The second-order valence-corrected chi connectivity index (χ2v) is 9.17. The summed E-state index contributed by atoms with van der Waals surface area (Å²) in [5, 5.41) is 8.20. The van der Waals surface area contributed by atoms with Gasteiger partial charge in [-0.15, -0.1) is 0 Å². The third kappa shape index (κ3) is 6.36. The molecule has 1 aliphatic heterocycles. The van der Waals surface area contributed by atoms with E-state index in [1.807, 2.05) is 29.2 Å². The number of aliphatic hydroxyl groups is 1. The topological polar surface area (TPSA) is 90.2 Å². The molecule has 6 nitrogen and oxygen atoms in total. The SMILES string of the molecule is CCCCCCCCOc1cccc(CN2CCC(O)(P(=O)(O)O)C2)c1. The Morgan fingerprint density at radius 2 is 1.92 bits per heavy atom. The van der Waals surface area contributed by atoms with Crippen LogP contribution in [0.2, 0.25) is 0 Å². The lowest BCUT2D eigenvalue weighted by Gasteiger charge is -2.24. The summed E-state index contributed by atoms with van der Waals surface area (Å²) in [7, 11) is -4.52. The number of ether oxygens (including phenoxy) is 1. The van der Waals surface area contributed by atoms with Crippen LogP contribution in [0.15, 0.2) is 24.3 Å². The third-order valence-electron chi connectivity index (χ3n) is 4.92. The highest BCUT2D eigenvalue weighted by molar-refractivity contribution is 7.53. The van der Waals surface area contributed by atoms with Crippen LogP contribution in [0.3, 0.4) is 0 Å². The van der Waals surface area contributed by atoms with Crippen molar-refractivity contribution in [2.45, 2.75) is 63.8 Å². The van der Waals surface area contributed by atoms with Crippen molar-refractivity contribution in [3.63, 3.8) is 0 Å². The van der Waals surface area contributed by atoms with Crippen LogP contribution in [-0.2, 0) is 11.1 Å². The molecule has 1 saturated heterocycles. The average Bonchev–Trinajstić information content (AvgIpc) is 2.96. The van der Waals surface area contributed by atoms with Gasteiger partial charge >= 0.3 is 7.60 Å². The Kier molecular flexibility index (Phi) is 8.11. The van der Waals surface area contributed by atoms with Crippen molar-refractivity contribution in [1.82, 2.24) is 4.90 Å². The number of nitrogens with zero attached hydrogens (tertiary/aromatic N) is 1. The summed E-state index contributed by atoms with van der Waals surface area (Å²) in [4.78, 5) is 20.5. The minimum atomic E-state index is -4.52. The number of benzene rings is 1. The van der Waals surface area contributed by atoms with Gasteiger partial charge in [0.05, 0.1) is 6.61 Å². The molecule has 1 heterocycles. The molecule has 0 radical (unpaired) electrons. The molecule has 0 bridgehead atoms. The number of β-amino-alcohol motifs (C(OH)–C–C–N with tert-alkyl or cyclic N) is 1. The number of unbranched alkanes of at least 4 members (excludes halogenated alkanes) is 5. The summed E-state index contributed by atoms with van der Waals surface area (Å²) in [6.45, 7) is 3.91. The van der Waals surface area contributed by atoms with E-state index in [9.17, 15) is 19.5 Å². The van der Waals surface area contributed by atoms with Gasteiger partial charge in [-0.05, 0) is 24.1 Å². The zero-order valence-electron chi connectivity index (χ0n) is 15.6. The monoisotopic (exact) mass is 385 g/mol. The number of hydrogen-bond acceptors (Lipinski definition) is 4. The maximum absolute atomic E-state index is 11.4. The third-order valence-corrected chi connectivity index (χ3v) is 6.37. The van der Waals surface area contributed by atoms with E-state index in [0.29, 0.717) is 19.7 Å². The highest BCUT2D eigenvalue weighted by Gasteiger charge is 2.49. The largest absolute Gasteiger partial charge is 0.494 e. The Morgan fingerprint density at radius 1 is 1.19 bits per heavy atom. The lowest BCUT2D eigenvalue weighted by molar-refractivity contribution is 0.0962. The van der Waals surface area contributed by atoms with Crippen molar-refractivity contribution in [3.05, 3.63) is 29.8 Å². The van der Waals surface area contributed by atoms with Crippen LogP contribution in [0.4, 0.5) is 0 Å². The molecule has 1 aromatic carbocycles. The minimum absolute atomic E-state index is 0.0138. The molecule has 1 atom stereocenters. The maximum Gasteiger partial charge on any atom is 0.358 e. The van der Waals surface area contributed by atoms with E-state index in [1.165, 1.54) is 32.1 Å². The molecular weight excluding hydrogens is 353 g/mol. The van der Waals surface area contributed by atoms with E-state index < -0.39 is 12.9 Å². The zero-order chi connectivity index (χ0) is 19.0. The van der Waals surface area contributed by atoms with Crippen molar-refractivity contribution in [2.75, 3.05) is 19.7 Å². The van der Waals surface area contributed by atoms with Crippen LogP contribution in [0, 0.1) is 0 Å². The van der Waals surface area contributed by atoms with Crippen LogP contribution in [0.5, 0.6) is 5.75 Å². The van der Waals surface area contributed by atoms with Crippen molar-refractivity contribution in [2.24, 2.45) is 0 Å². The molecule has 26 heavy (non-hydrogen) atoms. The Balaban J connectivity index is 1.76. The number of likely N-dealkylation sites (tertiary alicyclic amines) is 1. The van der Waals surface area contributed by atoms with Crippen LogP contribution in [-0.4, -0.2) is 44.8 Å². The van der Waals surface area contributed by atoms with Gasteiger partial charge in [0.2, 0.25) is 0 Å². The van der Waals surface area contributed by atoms with Crippen molar-refractivity contribution >= 4 is 7.60 Å². The Morgan fingerprint density at radius 3 is 2.62 bits per heavy atom. The Hall–Kier alpha value is -0.910. The first-order valence-electron chi connectivity index (χ1n) is 9.56. The molecule has 0 aromatic heterocycles. The predicted molar refractivity (Wildman–Crippen MR) is 102 cm³/mol. The first kappa shape index (κ1) is 21.4. The summed E-state index contributed by atoms with van der Waals surface area (Å²) >= 11 is 0. The van der Waals surface area contributed by atoms with Crippen LogP contribution >= 0.6 is 7.60 Å². The summed E-state index contributed by atoms with van der Waals surface area (Å²) in [6.07, 6.45) is 7.44. The van der Waals surface area contributed by atoms with Gasteiger partial charge in [0.15, 0.2) is 5.34 Å². The lowest BCUT2D eigenvalue weighted by Crippen LogP contribution is -2.32. The van der Waals surface area contributed by atoms with Crippen LogP contribution < -0.4 is 4.74 Å². The van der Waals surface area contributed by atoms with Gasteiger partial charge in [-0.25, -0.2) is 0 Å². The molecule has 1 aliphatic rings. The summed E-state index contributed by atoms with van der Waals surface area (Å²) in [5.74, 6) is 0.820. The van der Waals surface area contributed by atoms with E-state index in [4.69, 9.17) is 4.74 Å². The zero-order valence-corrected chi connectivity index (χ0v) is 16.5. The molecule has 0 amide bonds. The van der Waals surface area contributed by atoms with E-state index in [-0.39, 0.29) is 13.0 Å². The predicted octanol–water partition coefficient (Wildman–Crippen LogP) is 3.50. The molecule has 0 spiro atoms. The first-order chi connectivity index (χ1) is 12.3. The summed E-state index contributed by atoms with van der Waals surface area (Å²) in [6, 6.07) is 7.78. The fraction of sp³-hybridized carbons (Fsp3) is 0.684. The van der Waals surface area contributed by atoms with E-state index in [1.54, 1.807) is 0 Å². The standard InChI is InChI=1S/C19H32NO5P/c1-2-3-4-5-6-7-13-25-18-10-8-9-17(14-18)15-20-12-11-19(21,16-20)26(22,23)24/h8-10,14,21H,2-7,11-13,15-16H2,1H3,(H2,22,23,24). The molecule has 1 fully saturated rings. The van der Waals surface area contributed by atoms with E-state index in [2.05, 4.69) is 6.92 Å². The quantitative estimate of drug-likeness (QED) is 0.399. The molecular formula is C19H32NO5P. The van der Waals surface area contributed by atoms with Crippen molar-refractivity contribution in [1.29, 1.82) is 0 Å². The molecule has 7 heteroatoms. The molecule has 2 rings (SSSR count). The van der Waals surface area contributed by atoms with Gasteiger partial charge < -0.3 is 19.6 Å². The van der Waals surface area contributed by atoms with Gasteiger partial charge in [0.1, 0.15) is 5.75 Å². The van der Waals surface area contributed by atoms with E-state index in [0.717, 1.165) is 17.7 Å². The molecule has 1 unspecified atom stereocenters. The second-order valence-electron chi connectivity index (χ2n) is 7.25. The summed E-state index contributed by atoms with van der Waals surface area (Å²) < 4.78 is 17.3. The van der Waals surface area contributed by atoms with Gasteiger partial charge in [0.25, 0.3) is 0 Å². The molecule has 0 aliphatic carbocycles. The fourth-order valence-corrected chi connectivity index (χ4v) is 4.07. The smallest absolute Gasteiger partial charge is 0.358 e.